The Morgan fingerprint density at radius 2 is 1.76 bits per heavy atom. The highest BCUT2D eigenvalue weighted by molar-refractivity contribution is 5.49. The van der Waals surface area contributed by atoms with Crippen LogP contribution in [-0.4, -0.2) is 13.7 Å². The molecule has 1 N–H and O–H groups in total. The van der Waals surface area contributed by atoms with E-state index in [0.29, 0.717) is 0 Å². The fraction of sp³-hybridized carbons (Fsp3) is 0.368. The Hall–Kier alpha value is -1.80. The van der Waals surface area contributed by atoms with E-state index in [1.807, 2.05) is 0 Å². The van der Waals surface area contributed by atoms with Gasteiger partial charge >= 0.3 is 0 Å². The maximum Gasteiger partial charge on any atom is 0.127 e. The monoisotopic (exact) mass is 283 g/mol. The molecule has 0 saturated heterocycles. The lowest BCUT2D eigenvalue weighted by atomic mass is 9.94. The smallest absolute Gasteiger partial charge is 0.127 e. The second-order valence-corrected chi connectivity index (χ2v) is 5.43. The van der Waals surface area contributed by atoms with Gasteiger partial charge < -0.3 is 10.1 Å². The lowest BCUT2D eigenvalue weighted by molar-refractivity contribution is 0.400. The standard InChI is InChI=1S/C19H25NO/c1-5-13-20-18(16-9-7-6-8-10-16)17-12-11-14(2)15(3)19(17)21-4/h6-12,18,20H,5,13H2,1-4H3. The molecule has 0 radical (unpaired) electrons. The fourth-order valence-corrected chi connectivity index (χ4v) is 2.65. The van der Waals surface area contributed by atoms with Crippen LogP contribution in [0.3, 0.4) is 0 Å². The first kappa shape index (κ1) is 15.6. The maximum atomic E-state index is 5.70. The SMILES string of the molecule is CCCNC(c1ccccc1)c1ccc(C)c(C)c1OC. The fourth-order valence-electron chi connectivity index (χ4n) is 2.65. The van der Waals surface area contributed by atoms with Crippen LogP contribution in [0.15, 0.2) is 42.5 Å². The molecule has 0 aromatic heterocycles. The highest BCUT2D eigenvalue weighted by atomic mass is 16.5. The summed E-state index contributed by atoms with van der Waals surface area (Å²) in [4.78, 5) is 0. The zero-order chi connectivity index (χ0) is 15.2. The first-order valence-corrected chi connectivity index (χ1v) is 7.61. The highest BCUT2D eigenvalue weighted by Gasteiger charge is 2.19. The Kier molecular flexibility index (Phi) is 5.40. The summed E-state index contributed by atoms with van der Waals surface area (Å²) in [5.74, 6) is 0.993. The van der Waals surface area contributed by atoms with Crippen molar-refractivity contribution in [1.29, 1.82) is 0 Å². The van der Waals surface area contributed by atoms with Crippen LogP contribution in [0, 0.1) is 13.8 Å². The molecule has 2 rings (SSSR count). The molecule has 2 heteroatoms. The minimum absolute atomic E-state index is 0.167. The largest absolute Gasteiger partial charge is 0.496 e. The first-order chi connectivity index (χ1) is 10.2. The summed E-state index contributed by atoms with van der Waals surface area (Å²) >= 11 is 0. The molecule has 0 aliphatic heterocycles. The van der Waals surface area contributed by atoms with Crippen LogP contribution in [0.4, 0.5) is 0 Å². The quantitative estimate of drug-likeness (QED) is 0.848. The van der Waals surface area contributed by atoms with Gasteiger partial charge in [-0.1, -0.05) is 49.4 Å². The maximum absolute atomic E-state index is 5.70. The molecule has 0 spiro atoms. The summed E-state index contributed by atoms with van der Waals surface area (Å²) in [5, 5.41) is 3.64. The number of rotatable bonds is 6. The number of benzene rings is 2. The predicted molar refractivity (Wildman–Crippen MR) is 89.0 cm³/mol. The number of hydrogen-bond donors (Lipinski definition) is 1. The third-order valence-corrected chi connectivity index (χ3v) is 3.95. The molecule has 21 heavy (non-hydrogen) atoms. The van der Waals surface area contributed by atoms with E-state index >= 15 is 0 Å². The third-order valence-electron chi connectivity index (χ3n) is 3.95. The van der Waals surface area contributed by atoms with E-state index in [1.54, 1.807) is 7.11 Å². The second kappa shape index (κ2) is 7.28. The first-order valence-electron chi connectivity index (χ1n) is 7.61. The van der Waals surface area contributed by atoms with E-state index in [4.69, 9.17) is 4.74 Å². The topological polar surface area (TPSA) is 21.3 Å². The van der Waals surface area contributed by atoms with Gasteiger partial charge in [0, 0.05) is 5.56 Å². The molecule has 0 amide bonds. The molecule has 0 aliphatic carbocycles. The molecule has 1 atom stereocenters. The molecule has 0 saturated carbocycles. The van der Waals surface area contributed by atoms with Crippen molar-refractivity contribution in [3.63, 3.8) is 0 Å². The molecule has 0 aliphatic rings. The summed E-state index contributed by atoms with van der Waals surface area (Å²) in [6.07, 6.45) is 1.11. The van der Waals surface area contributed by atoms with Crippen molar-refractivity contribution in [3.05, 3.63) is 64.7 Å². The van der Waals surface area contributed by atoms with Crippen molar-refractivity contribution < 1.29 is 4.74 Å². The number of ether oxygens (including phenoxy) is 1. The Morgan fingerprint density at radius 3 is 2.38 bits per heavy atom. The number of methoxy groups -OCH3 is 1. The molecule has 0 fully saturated rings. The van der Waals surface area contributed by atoms with E-state index in [2.05, 4.69) is 68.6 Å². The molecule has 112 valence electrons. The van der Waals surface area contributed by atoms with Crippen LogP contribution in [-0.2, 0) is 0 Å². The van der Waals surface area contributed by atoms with Gasteiger partial charge in [-0.15, -0.1) is 0 Å². The van der Waals surface area contributed by atoms with Gasteiger partial charge in [-0.3, -0.25) is 0 Å². The molecule has 0 bridgehead atoms. The second-order valence-electron chi connectivity index (χ2n) is 5.43. The van der Waals surface area contributed by atoms with Gasteiger partial charge in [0.25, 0.3) is 0 Å². The zero-order valence-electron chi connectivity index (χ0n) is 13.4. The minimum atomic E-state index is 0.167. The summed E-state index contributed by atoms with van der Waals surface area (Å²) in [6.45, 7) is 7.42. The van der Waals surface area contributed by atoms with Crippen molar-refractivity contribution in [3.8, 4) is 5.75 Å². The highest BCUT2D eigenvalue weighted by Crippen LogP contribution is 2.34. The molecule has 0 heterocycles. The van der Waals surface area contributed by atoms with Crippen molar-refractivity contribution in [2.24, 2.45) is 0 Å². The third kappa shape index (κ3) is 3.45. The number of nitrogens with one attached hydrogen (secondary N) is 1. The van der Waals surface area contributed by atoms with Gasteiger partial charge in [0.1, 0.15) is 5.75 Å². The van der Waals surface area contributed by atoms with Gasteiger partial charge in [0.05, 0.1) is 13.2 Å². The summed E-state index contributed by atoms with van der Waals surface area (Å²) in [5.41, 5.74) is 4.96. The predicted octanol–water partition coefficient (Wildman–Crippen LogP) is 4.40. The van der Waals surface area contributed by atoms with E-state index in [0.717, 1.165) is 18.7 Å². The summed E-state index contributed by atoms with van der Waals surface area (Å²) < 4.78 is 5.70. The molecular weight excluding hydrogens is 258 g/mol. The Balaban J connectivity index is 2.49. The summed E-state index contributed by atoms with van der Waals surface area (Å²) in [7, 11) is 1.76. The van der Waals surface area contributed by atoms with Gasteiger partial charge in [-0.2, -0.15) is 0 Å². The van der Waals surface area contributed by atoms with Crippen molar-refractivity contribution in [1.82, 2.24) is 5.32 Å². The van der Waals surface area contributed by atoms with E-state index < -0.39 is 0 Å². The van der Waals surface area contributed by atoms with Crippen LogP contribution < -0.4 is 10.1 Å². The van der Waals surface area contributed by atoms with E-state index in [-0.39, 0.29) is 6.04 Å². The van der Waals surface area contributed by atoms with Gasteiger partial charge in [0.2, 0.25) is 0 Å². The normalized spacial score (nSPS) is 12.2. The van der Waals surface area contributed by atoms with Crippen molar-refractivity contribution in [2.75, 3.05) is 13.7 Å². The van der Waals surface area contributed by atoms with Gasteiger partial charge in [-0.25, -0.2) is 0 Å². The average molecular weight is 283 g/mol. The van der Waals surface area contributed by atoms with Crippen molar-refractivity contribution in [2.45, 2.75) is 33.2 Å². The molecule has 2 aromatic carbocycles. The Morgan fingerprint density at radius 1 is 1.05 bits per heavy atom. The molecule has 2 nitrogen and oxygen atoms in total. The van der Waals surface area contributed by atoms with Gasteiger partial charge in [0.15, 0.2) is 0 Å². The minimum Gasteiger partial charge on any atom is -0.496 e. The van der Waals surface area contributed by atoms with Crippen LogP contribution in [0.2, 0.25) is 0 Å². The van der Waals surface area contributed by atoms with Crippen LogP contribution >= 0.6 is 0 Å². The molecule has 2 aromatic rings. The van der Waals surface area contributed by atoms with E-state index in [9.17, 15) is 0 Å². The van der Waals surface area contributed by atoms with E-state index in [1.165, 1.54) is 22.3 Å². The number of aryl methyl sites for hydroxylation is 1. The van der Waals surface area contributed by atoms with Crippen molar-refractivity contribution >= 4 is 0 Å². The lowest BCUT2D eigenvalue weighted by Gasteiger charge is -2.23. The van der Waals surface area contributed by atoms with Crippen LogP contribution in [0.5, 0.6) is 5.75 Å². The molecule has 1 unspecified atom stereocenters. The summed E-state index contributed by atoms with van der Waals surface area (Å²) in [6, 6.07) is 15.1. The molecular formula is C19H25NO. The van der Waals surface area contributed by atoms with Gasteiger partial charge in [-0.05, 0) is 43.5 Å². The van der Waals surface area contributed by atoms with Crippen LogP contribution in [0.25, 0.3) is 0 Å². The van der Waals surface area contributed by atoms with Crippen LogP contribution in [0.1, 0.15) is 41.6 Å². The zero-order valence-corrected chi connectivity index (χ0v) is 13.4. The number of hydrogen-bond acceptors (Lipinski definition) is 2. The average Bonchev–Trinajstić information content (AvgIpc) is 2.52. The lowest BCUT2D eigenvalue weighted by Crippen LogP contribution is -2.24. The Bertz CT molecular complexity index is 578. The Labute approximate surface area is 128 Å².